The summed E-state index contributed by atoms with van der Waals surface area (Å²) in [6.07, 6.45) is 5.74. The molecule has 176 valence electrons. The van der Waals surface area contributed by atoms with Crippen LogP contribution in [0.2, 0.25) is 5.02 Å². The Bertz CT molecular complexity index is 1210. The van der Waals surface area contributed by atoms with E-state index in [-0.39, 0.29) is 18.4 Å². The third kappa shape index (κ3) is 4.77. The Kier molecular flexibility index (Phi) is 6.49. The number of halogens is 1. The van der Waals surface area contributed by atoms with Crippen LogP contribution in [0, 0.1) is 0 Å². The number of fused-ring (bicyclic) bond motifs is 1. The van der Waals surface area contributed by atoms with Gasteiger partial charge in [0.05, 0.1) is 5.02 Å². The Morgan fingerprint density at radius 3 is 2.65 bits per heavy atom. The molecule has 8 nitrogen and oxygen atoms in total. The van der Waals surface area contributed by atoms with Gasteiger partial charge >= 0.3 is 0 Å². The van der Waals surface area contributed by atoms with Crippen LogP contribution in [0.5, 0.6) is 5.75 Å². The number of aryl methyl sites for hydroxylation is 1. The number of hydrogen-bond acceptors (Lipinski definition) is 5. The van der Waals surface area contributed by atoms with Crippen molar-refractivity contribution in [1.82, 2.24) is 14.8 Å². The first kappa shape index (κ1) is 22.4. The van der Waals surface area contributed by atoms with Crippen molar-refractivity contribution in [2.75, 3.05) is 23.4 Å². The molecule has 0 radical (unpaired) electrons. The summed E-state index contributed by atoms with van der Waals surface area (Å²) in [5, 5.41) is 12.1. The number of carbonyl (C=O) groups excluding carboxylic acids is 2. The van der Waals surface area contributed by atoms with Gasteiger partial charge in [0.2, 0.25) is 5.91 Å². The maximum Gasteiger partial charge on any atom is 0.262 e. The Morgan fingerprint density at radius 1 is 1.00 bits per heavy atom. The Labute approximate surface area is 202 Å². The summed E-state index contributed by atoms with van der Waals surface area (Å²) in [5.74, 6) is 2.12. The van der Waals surface area contributed by atoms with E-state index in [2.05, 4.69) is 20.1 Å². The summed E-state index contributed by atoms with van der Waals surface area (Å²) in [5.41, 5.74) is 2.20. The van der Waals surface area contributed by atoms with Gasteiger partial charge in [-0.1, -0.05) is 18.0 Å². The van der Waals surface area contributed by atoms with E-state index in [9.17, 15) is 9.59 Å². The molecule has 0 unspecified atom stereocenters. The summed E-state index contributed by atoms with van der Waals surface area (Å²) in [7, 11) is 0. The first-order chi connectivity index (χ1) is 16.6. The number of ether oxygens (including phenoxy) is 1. The Balaban J connectivity index is 1.22. The fourth-order valence-electron chi connectivity index (χ4n) is 4.45. The average Bonchev–Trinajstić information content (AvgIpc) is 3.38. The number of hydrogen-bond donors (Lipinski definition) is 1. The molecule has 1 aromatic heterocycles. The van der Waals surface area contributed by atoms with Gasteiger partial charge in [-0.3, -0.25) is 9.59 Å². The molecule has 3 aromatic rings. The van der Waals surface area contributed by atoms with Crippen molar-refractivity contribution < 1.29 is 14.3 Å². The van der Waals surface area contributed by atoms with Gasteiger partial charge in [0.25, 0.3) is 5.91 Å². The highest BCUT2D eigenvalue weighted by Gasteiger charge is 2.22. The number of aromatic nitrogens is 3. The summed E-state index contributed by atoms with van der Waals surface area (Å²) in [6, 6.07) is 12.5. The molecule has 9 heteroatoms. The van der Waals surface area contributed by atoms with Gasteiger partial charge in [0.1, 0.15) is 11.6 Å². The Morgan fingerprint density at radius 2 is 1.85 bits per heavy atom. The van der Waals surface area contributed by atoms with Crippen molar-refractivity contribution in [3.05, 3.63) is 53.3 Å². The first-order valence-corrected chi connectivity index (χ1v) is 12.0. The molecule has 0 saturated carbocycles. The average molecular weight is 480 g/mol. The van der Waals surface area contributed by atoms with Crippen LogP contribution in [0.15, 0.2) is 42.5 Å². The van der Waals surface area contributed by atoms with Crippen molar-refractivity contribution in [3.8, 4) is 17.1 Å². The molecule has 2 aliphatic rings. The standard InChI is InChI=1S/C25H26ClN5O3/c26-21-12-7-17(15-20(21)25-29-28-22-5-2-1-3-13-31(22)25)27-23(32)16-34-19-10-8-18(9-11-19)30-14-4-6-24(30)33/h7-12,15H,1-6,13-14,16H2,(H,27,32). The fourth-order valence-corrected chi connectivity index (χ4v) is 4.65. The van der Waals surface area contributed by atoms with Gasteiger partial charge in [-0.05, 0) is 61.7 Å². The third-order valence-electron chi connectivity index (χ3n) is 6.19. The van der Waals surface area contributed by atoms with Crippen LogP contribution in [0.4, 0.5) is 11.4 Å². The van der Waals surface area contributed by atoms with E-state index < -0.39 is 0 Å². The van der Waals surface area contributed by atoms with Crippen molar-refractivity contribution in [2.24, 2.45) is 0 Å². The van der Waals surface area contributed by atoms with Crippen molar-refractivity contribution >= 4 is 34.8 Å². The molecular weight excluding hydrogens is 454 g/mol. The molecule has 3 heterocycles. The summed E-state index contributed by atoms with van der Waals surface area (Å²) < 4.78 is 7.76. The number of nitrogens with zero attached hydrogens (tertiary/aromatic N) is 4. The SMILES string of the molecule is O=C(COc1ccc(N2CCCC2=O)cc1)Nc1ccc(Cl)c(-c2nnc3n2CCCCC3)c1. The fraction of sp³-hybridized carbons (Fsp3) is 0.360. The van der Waals surface area contributed by atoms with E-state index in [1.165, 1.54) is 6.42 Å². The molecule has 2 amide bonds. The molecule has 1 fully saturated rings. The summed E-state index contributed by atoms with van der Waals surface area (Å²) in [6.45, 7) is 1.46. The third-order valence-corrected chi connectivity index (χ3v) is 6.52. The minimum absolute atomic E-state index is 0.137. The van der Waals surface area contributed by atoms with Crippen LogP contribution in [-0.4, -0.2) is 39.7 Å². The van der Waals surface area contributed by atoms with Gasteiger partial charge in [-0.25, -0.2) is 0 Å². The predicted octanol–water partition coefficient (Wildman–Crippen LogP) is 4.47. The number of nitrogens with one attached hydrogen (secondary N) is 1. The maximum absolute atomic E-state index is 12.5. The van der Waals surface area contributed by atoms with Crippen LogP contribution in [0.3, 0.4) is 0 Å². The second kappa shape index (κ2) is 9.85. The number of anilines is 2. The zero-order valence-electron chi connectivity index (χ0n) is 18.8. The largest absolute Gasteiger partial charge is 0.484 e. The molecular formula is C25H26ClN5O3. The second-order valence-electron chi connectivity index (χ2n) is 8.58. The molecule has 34 heavy (non-hydrogen) atoms. The monoisotopic (exact) mass is 479 g/mol. The molecule has 1 saturated heterocycles. The van der Waals surface area contributed by atoms with Crippen LogP contribution in [0.25, 0.3) is 11.4 Å². The van der Waals surface area contributed by atoms with E-state index in [0.29, 0.717) is 22.9 Å². The van der Waals surface area contributed by atoms with Gasteiger partial charge in [-0.15, -0.1) is 10.2 Å². The smallest absolute Gasteiger partial charge is 0.262 e. The molecule has 0 spiro atoms. The normalized spacial score (nSPS) is 15.7. The molecule has 5 rings (SSSR count). The zero-order chi connectivity index (χ0) is 23.5. The lowest BCUT2D eigenvalue weighted by atomic mass is 10.1. The van der Waals surface area contributed by atoms with Gasteiger partial charge in [-0.2, -0.15) is 0 Å². The van der Waals surface area contributed by atoms with Crippen LogP contribution in [0.1, 0.15) is 37.9 Å². The van der Waals surface area contributed by atoms with Crippen molar-refractivity contribution in [2.45, 2.75) is 45.1 Å². The topological polar surface area (TPSA) is 89.3 Å². The lowest BCUT2D eigenvalue weighted by Crippen LogP contribution is -2.23. The number of rotatable bonds is 6. The minimum atomic E-state index is -0.285. The van der Waals surface area contributed by atoms with Crippen LogP contribution >= 0.6 is 11.6 Å². The van der Waals surface area contributed by atoms with Gasteiger partial charge in [0, 0.05) is 42.9 Å². The van der Waals surface area contributed by atoms with Crippen molar-refractivity contribution in [1.29, 1.82) is 0 Å². The van der Waals surface area contributed by atoms with E-state index >= 15 is 0 Å². The lowest BCUT2D eigenvalue weighted by molar-refractivity contribution is -0.118. The first-order valence-electron chi connectivity index (χ1n) is 11.6. The number of benzene rings is 2. The summed E-state index contributed by atoms with van der Waals surface area (Å²) in [4.78, 5) is 26.2. The van der Waals surface area contributed by atoms with Crippen molar-refractivity contribution in [3.63, 3.8) is 0 Å². The second-order valence-corrected chi connectivity index (χ2v) is 8.98. The number of carbonyl (C=O) groups is 2. The molecule has 0 aliphatic carbocycles. The lowest BCUT2D eigenvalue weighted by Gasteiger charge is -2.16. The highest BCUT2D eigenvalue weighted by molar-refractivity contribution is 6.33. The van der Waals surface area contributed by atoms with E-state index in [0.717, 1.165) is 61.7 Å². The molecule has 2 aromatic carbocycles. The molecule has 1 N–H and O–H groups in total. The van der Waals surface area contributed by atoms with E-state index in [4.69, 9.17) is 16.3 Å². The molecule has 2 aliphatic heterocycles. The highest BCUT2D eigenvalue weighted by atomic mass is 35.5. The van der Waals surface area contributed by atoms with Crippen LogP contribution in [-0.2, 0) is 22.6 Å². The van der Waals surface area contributed by atoms with Gasteiger partial charge in [0.15, 0.2) is 12.4 Å². The highest BCUT2D eigenvalue weighted by Crippen LogP contribution is 2.31. The number of amides is 2. The minimum Gasteiger partial charge on any atom is -0.484 e. The predicted molar refractivity (Wildman–Crippen MR) is 130 cm³/mol. The molecule has 0 bridgehead atoms. The summed E-state index contributed by atoms with van der Waals surface area (Å²) >= 11 is 6.47. The van der Waals surface area contributed by atoms with Crippen LogP contribution < -0.4 is 15.0 Å². The molecule has 0 atom stereocenters. The Hall–Kier alpha value is -3.39. The van der Waals surface area contributed by atoms with E-state index in [1.54, 1.807) is 29.2 Å². The maximum atomic E-state index is 12.5. The quantitative estimate of drug-likeness (QED) is 0.563. The van der Waals surface area contributed by atoms with Gasteiger partial charge < -0.3 is 19.5 Å². The van der Waals surface area contributed by atoms with E-state index in [1.807, 2.05) is 18.2 Å². The zero-order valence-corrected chi connectivity index (χ0v) is 19.6.